The van der Waals surface area contributed by atoms with Crippen LogP contribution in [0.3, 0.4) is 0 Å². The van der Waals surface area contributed by atoms with Gasteiger partial charge in [0.05, 0.1) is 13.7 Å². The summed E-state index contributed by atoms with van der Waals surface area (Å²) in [6, 6.07) is 7.40. The van der Waals surface area contributed by atoms with E-state index in [2.05, 4.69) is 9.88 Å². The summed E-state index contributed by atoms with van der Waals surface area (Å²) in [4.78, 5) is 18.7. The first kappa shape index (κ1) is 16.4. The summed E-state index contributed by atoms with van der Waals surface area (Å²) in [6.45, 7) is 3.82. The van der Waals surface area contributed by atoms with Gasteiger partial charge >= 0.3 is 5.97 Å². The molecule has 6 heteroatoms. The first-order valence-corrected chi connectivity index (χ1v) is 8.30. The highest BCUT2D eigenvalue weighted by Gasteiger charge is 2.27. The molecule has 0 amide bonds. The van der Waals surface area contributed by atoms with Crippen molar-refractivity contribution in [3.05, 3.63) is 30.0 Å². The minimum atomic E-state index is -0.443. The summed E-state index contributed by atoms with van der Waals surface area (Å²) in [7, 11) is 1.62. The molecule has 0 atom stereocenters. The van der Waals surface area contributed by atoms with E-state index < -0.39 is 5.97 Å². The molecular weight excluding hydrogens is 308 g/mol. The maximum Gasteiger partial charge on any atom is 0.362 e. The second-order valence-electron chi connectivity index (χ2n) is 5.67. The van der Waals surface area contributed by atoms with Gasteiger partial charge in [-0.25, -0.2) is 4.79 Å². The molecule has 2 aromatic rings. The summed E-state index contributed by atoms with van der Waals surface area (Å²) in [5.74, 6) is 1.24. The molecule has 3 rings (SSSR count). The number of carbonyl (C=O) groups is 1. The Morgan fingerprint density at radius 1 is 1.21 bits per heavy atom. The minimum Gasteiger partial charge on any atom is -0.497 e. The molecule has 2 heterocycles. The molecule has 1 aromatic carbocycles. The van der Waals surface area contributed by atoms with Gasteiger partial charge in [0.25, 0.3) is 0 Å². The third-order valence-electron chi connectivity index (χ3n) is 4.06. The Bertz CT molecular complexity index is 688. The van der Waals surface area contributed by atoms with Gasteiger partial charge in [-0.15, -0.1) is 0 Å². The number of piperidine rings is 1. The quantitative estimate of drug-likeness (QED) is 0.782. The number of aromatic nitrogens is 1. The number of carbonyl (C=O) groups excluding carboxylic acids is 1. The van der Waals surface area contributed by atoms with Crippen LogP contribution in [0.1, 0.15) is 36.7 Å². The molecular formula is C18H22N2O4. The van der Waals surface area contributed by atoms with Gasteiger partial charge in [0.15, 0.2) is 0 Å². The fraction of sp³-hybridized carbons (Fsp3) is 0.444. The van der Waals surface area contributed by atoms with E-state index in [1.165, 1.54) is 6.42 Å². The highest BCUT2D eigenvalue weighted by Crippen LogP contribution is 2.31. The molecule has 1 fully saturated rings. The van der Waals surface area contributed by atoms with Crippen LogP contribution in [-0.4, -0.2) is 37.8 Å². The fourth-order valence-electron chi connectivity index (χ4n) is 2.81. The number of nitrogens with zero attached hydrogens (tertiary/aromatic N) is 2. The molecule has 0 aliphatic carbocycles. The standard InChI is InChI=1S/C18H22N2O4/c1-3-23-18(21)15-17(20-11-5-4-6-12-20)24-16(19-15)13-7-9-14(22-2)10-8-13/h7-10H,3-6,11-12H2,1-2H3. The lowest BCUT2D eigenvalue weighted by molar-refractivity contribution is 0.0520. The zero-order valence-electron chi connectivity index (χ0n) is 14.1. The van der Waals surface area contributed by atoms with Crippen molar-refractivity contribution in [2.75, 3.05) is 31.7 Å². The Morgan fingerprint density at radius 3 is 2.54 bits per heavy atom. The summed E-state index contributed by atoms with van der Waals surface area (Å²) in [6.07, 6.45) is 3.37. The Morgan fingerprint density at radius 2 is 1.92 bits per heavy atom. The average Bonchev–Trinajstić information content (AvgIpc) is 3.08. The molecule has 1 aliphatic heterocycles. The van der Waals surface area contributed by atoms with Gasteiger partial charge in [0, 0.05) is 18.7 Å². The number of oxazole rings is 1. The first-order valence-electron chi connectivity index (χ1n) is 8.30. The van der Waals surface area contributed by atoms with E-state index in [9.17, 15) is 4.79 Å². The lowest BCUT2D eigenvalue weighted by atomic mass is 10.1. The van der Waals surface area contributed by atoms with E-state index in [4.69, 9.17) is 13.9 Å². The van der Waals surface area contributed by atoms with Crippen LogP contribution in [0.5, 0.6) is 5.75 Å². The number of rotatable bonds is 5. The van der Waals surface area contributed by atoms with E-state index in [0.717, 1.165) is 37.2 Å². The lowest BCUT2D eigenvalue weighted by Gasteiger charge is -2.26. The van der Waals surface area contributed by atoms with E-state index in [0.29, 0.717) is 18.4 Å². The van der Waals surface area contributed by atoms with Gasteiger partial charge in [-0.1, -0.05) is 0 Å². The van der Waals surface area contributed by atoms with E-state index in [1.807, 2.05) is 24.3 Å². The maximum atomic E-state index is 12.3. The molecule has 6 nitrogen and oxygen atoms in total. The molecule has 0 bridgehead atoms. The molecule has 0 radical (unpaired) electrons. The zero-order chi connectivity index (χ0) is 16.9. The van der Waals surface area contributed by atoms with Gasteiger partial charge in [-0.3, -0.25) is 0 Å². The molecule has 1 saturated heterocycles. The number of esters is 1. The average molecular weight is 330 g/mol. The lowest BCUT2D eigenvalue weighted by Crippen LogP contribution is -2.30. The minimum absolute atomic E-state index is 0.254. The summed E-state index contributed by atoms with van der Waals surface area (Å²) in [5.41, 5.74) is 1.05. The number of benzene rings is 1. The molecule has 0 unspecified atom stereocenters. The smallest absolute Gasteiger partial charge is 0.362 e. The van der Waals surface area contributed by atoms with Gasteiger partial charge in [0.1, 0.15) is 5.75 Å². The monoisotopic (exact) mass is 330 g/mol. The summed E-state index contributed by atoms with van der Waals surface area (Å²) in [5, 5.41) is 0. The molecule has 128 valence electrons. The number of ether oxygens (including phenoxy) is 2. The predicted molar refractivity (Wildman–Crippen MR) is 90.5 cm³/mol. The van der Waals surface area contributed by atoms with Crippen LogP contribution in [-0.2, 0) is 4.74 Å². The second kappa shape index (κ2) is 7.38. The molecule has 1 aliphatic rings. The number of anilines is 1. The van der Waals surface area contributed by atoms with Crippen molar-refractivity contribution in [2.45, 2.75) is 26.2 Å². The first-order chi connectivity index (χ1) is 11.7. The van der Waals surface area contributed by atoms with Crippen molar-refractivity contribution in [2.24, 2.45) is 0 Å². The highest BCUT2D eigenvalue weighted by molar-refractivity contribution is 5.93. The number of methoxy groups -OCH3 is 1. The molecule has 24 heavy (non-hydrogen) atoms. The van der Waals surface area contributed by atoms with Gasteiger partial charge in [-0.05, 0) is 50.5 Å². The zero-order valence-corrected chi connectivity index (χ0v) is 14.1. The van der Waals surface area contributed by atoms with Crippen LogP contribution in [0.2, 0.25) is 0 Å². The van der Waals surface area contributed by atoms with Gasteiger partial charge in [-0.2, -0.15) is 4.98 Å². The largest absolute Gasteiger partial charge is 0.497 e. The SMILES string of the molecule is CCOC(=O)c1nc(-c2ccc(OC)cc2)oc1N1CCCCC1. The number of hydrogen-bond acceptors (Lipinski definition) is 6. The van der Waals surface area contributed by atoms with Crippen molar-refractivity contribution in [1.29, 1.82) is 0 Å². The van der Waals surface area contributed by atoms with E-state index in [-0.39, 0.29) is 5.69 Å². The van der Waals surface area contributed by atoms with Gasteiger partial charge < -0.3 is 18.8 Å². The molecule has 0 N–H and O–H groups in total. The third-order valence-corrected chi connectivity index (χ3v) is 4.06. The van der Waals surface area contributed by atoms with Crippen LogP contribution in [0.25, 0.3) is 11.5 Å². The number of hydrogen-bond donors (Lipinski definition) is 0. The summed E-state index contributed by atoms with van der Waals surface area (Å²) < 4.78 is 16.3. The molecule has 1 aromatic heterocycles. The fourth-order valence-corrected chi connectivity index (χ4v) is 2.81. The van der Waals surface area contributed by atoms with Crippen molar-refractivity contribution in [3.63, 3.8) is 0 Å². The topological polar surface area (TPSA) is 64.8 Å². The van der Waals surface area contributed by atoms with Crippen LogP contribution in [0, 0.1) is 0 Å². The normalized spacial score (nSPS) is 14.5. The van der Waals surface area contributed by atoms with Crippen molar-refractivity contribution in [3.8, 4) is 17.2 Å². The van der Waals surface area contributed by atoms with E-state index >= 15 is 0 Å². The van der Waals surface area contributed by atoms with Crippen molar-refractivity contribution in [1.82, 2.24) is 4.98 Å². The Hall–Kier alpha value is -2.50. The Kier molecular flexibility index (Phi) is 5.03. The summed E-state index contributed by atoms with van der Waals surface area (Å²) >= 11 is 0. The maximum absolute atomic E-state index is 12.3. The molecule has 0 saturated carbocycles. The van der Waals surface area contributed by atoms with Gasteiger partial charge in [0.2, 0.25) is 17.5 Å². The van der Waals surface area contributed by atoms with E-state index in [1.54, 1.807) is 14.0 Å². The van der Waals surface area contributed by atoms with Crippen LogP contribution < -0.4 is 9.64 Å². The molecule has 0 spiro atoms. The van der Waals surface area contributed by atoms with Crippen LogP contribution >= 0.6 is 0 Å². The highest BCUT2D eigenvalue weighted by atomic mass is 16.5. The Labute approximate surface area is 141 Å². The van der Waals surface area contributed by atoms with Crippen LogP contribution in [0.15, 0.2) is 28.7 Å². The van der Waals surface area contributed by atoms with Crippen molar-refractivity contribution < 1.29 is 18.7 Å². The van der Waals surface area contributed by atoms with Crippen molar-refractivity contribution >= 4 is 11.9 Å². The third kappa shape index (κ3) is 3.37. The predicted octanol–water partition coefficient (Wildman–Crippen LogP) is 3.52. The van der Waals surface area contributed by atoms with Crippen LogP contribution in [0.4, 0.5) is 5.88 Å². The Balaban J connectivity index is 1.96. The second-order valence-corrected chi connectivity index (χ2v) is 5.67.